The van der Waals surface area contributed by atoms with Gasteiger partial charge in [0.2, 0.25) is 5.91 Å². The molecule has 0 radical (unpaired) electrons. The van der Waals surface area contributed by atoms with E-state index in [0.717, 1.165) is 48.3 Å². The Labute approximate surface area is 237 Å². The lowest BCUT2D eigenvalue weighted by Crippen LogP contribution is -2.33. The summed E-state index contributed by atoms with van der Waals surface area (Å²) in [7, 11) is 0. The van der Waals surface area contributed by atoms with Gasteiger partial charge in [0.25, 0.3) is 0 Å². The lowest BCUT2D eigenvalue weighted by Gasteiger charge is -2.25. The number of benzene rings is 2. The highest BCUT2D eigenvalue weighted by molar-refractivity contribution is 7.80. The molecule has 1 amide bonds. The van der Waals surface area contributed by atoms with E-state index in [1.54, 1.807) is 12.1 Å². The van der Waals surface area contributed by atoms with Gasteiger partial charge in [-0.25, -0.2) is 9.78 Å². The van der Waals surface area contributed by atoms with E-state index in [1.807, 2.05) is 36.4 Å². The van der Waals surface area contributed by atoms with Crippen molar-refractivity contribution in [2.24, 2.45) is 11.8 Å². The summed E-state index contributed by atoms with van der Waals surface area (Å²) < 4.78 is 2.18. The average molecular weight is 548 g/mol. The number of thiol groups is 1. The third kappa shape index (κ3) is 7.98. The number of hydrogen-bond donors (Lipinski definition) is 3. The molecule has 1 unspecified atom stereocenters. The highest BCUT2D eigenvalue weighted by Crippen LogP contribution is 2.30. The number of carbonyl (C=O) groups excluding carboxylic acids is 1. The lowest BCUT2D eigenvalue weighted by atomic mass is 9.83. The van der Waals surface area contributed by atoms with Gasteiger partial charge in [-0.2, -0.15) is 12.6 Å². The molecule has 0 saturated heterocycles. The molecule has 1 saturated carbocycles. The molecule has 1 aromatic heterocycles. The van der Waals surface area contributed by atoms with Crippen LogP contribution in [0.5, 0.6) is 0 Å². The number of aromatic nitrogens is 2. The molecule has 7 heteroatoms. The zero-order chi connectivity index (χ0) is 27.6. The molecular weight excluding hydrogens is 506 g/mol. The van der Waals surface area contributed by atoms with Gasteiger partial charge in [-0.1, -0.05) is 87.9 Å². The Hall–Kier alpha value is -3.06. The van der Waals surface area contributed by atoms with Gasteiger partial charge in [-0.3, -0.25) is 4.79 Å². The Kier molecular flexibility index (Phi) is 10.7. The first-order chi connectivity index (χ1) is 19.0. The zero-order valence-corrected chi connectivity index (χ0v) is 23.8. The van der Waals surface area contributed by atoms with Crippen molar-refractivity contribution in [1.82, 2.24) is 14.9 Å². The third-order valence-electron chi connectivity index (χ3n) is 7.82. The van der Waals surface area contributed by atoms with E-state index in [4.69, 9.17) is 4.98 Å². The highest BCUT2D eigenvalue weighted by atomic mass is 32.1. The van der Waals surface area contributed by atoms with E-state index >= 15 is 0 Å². The van der Waals surface area contributed by atoms with Crippen LogP contribution in [-0.2, 0) is 24.3 Å². The molecule has 2 N–H and O–H groups in total. The minimum Gasteiger partial charge on any atom is -0.478 e. The summed E-state index contributed by atoms with van der Waals surface area (Å²) in [6.07, 6.45) is 12.3. The van der Waals surface area contributed by atoms with Crippen molar-refractivity contribution in [3.8, 4) is 11.1 Å². The van der Waals surface area contributed by atoms with Gasteiger partial charge >= 0.3 is 5.97 Å². The summed E-state index contributed by atoms with van der Waals surface area (Å²) in [5.41, 5.74) is 3.87. The Balaban J connectivity index is 1.42. The largest absolute Gasteiger partial charge is 0.478 e. The van der Waals surface area contributed by atoms with E-state index < -0.39 is 5.97 Å². The van der Waals surface area contributed by atoms with Gasteiger partial charge in [0.05, 0.1) is 17.8 Å². The molecule has 3 aromatic rings. The number of nitrogens with one attached hydrogen (secondary N) is 1. The summed E-state index contributed by atoms with van der Waals surface area (Å²) in [5, 5.41) is 12.7. The first kappa shape index (κ1) is 28.9. The molecule has 4 rings (SSSR count). The number of carboxylic acid groups (broad SMARTS) is 1. The summed E-state index contributed by atoms with van der Waals surface area (Å²) in [6.45, 7) is 3.26. The second-order valence-corrected chi connectivity index (χ2v) is 11.1. The minimum absolute atomic E-state index is 0.0529. The van der Waals surface area contributed by atoms with Gasteiger partial charge in [0.1, 0.15) is 5.82 Å². The number of hydrogen-bond acceptors (Lipinski definition) is 4. The van der Waals surface area contributed by atoms with Crippen LogP contribution < -0.4 is 5.32 Å². The Morgan fingerprint density at radius 2 is 1.85 bits per heavy atom. The molecule has 1 atom stereocenters. The molecule has 1 heterocycles. The molecule has 1 aliphatic rings. The van der Waals surface area contributed by atoms with E-state index in [0.29, 0.717) is 35.9 Å². The second kappa shape index (κ2) is 14.4. The SMILES string of the molecule is CCCCc1nc(CNC(=O)C(CS)CC2CCCCC2)cn1Cc1ccc(-c2ccccc2C(=O)O)cc1. The van der Waals surface area contributed by atoms with E-state index in [-0.39, 0.29) is 11.8 Å². The molecule has 1 fully saturated rings. The van der Waals surface area contributed by atoms with Crippen molar-refractivity contribution >= 4 is 24.5 Å². The van der Waals surface area contributed by atoms with Crippen LogP contribution in [0, 0.1) is 11.8 Å². The van der Waals surface area contributed by atoms with Crippen molar-refractivity contribution in [2.75, 3.05) is 5.75 Å². The third-order valence-corrected chi connectivity index (χ3v) is 8.26. The fourth-order valence-corrected chi connectivity index (χ4v) is 5.90. The molecule has 0 aliphatic heterocycles. The predicted octanol–water partition coefficient (Wildman–Crippen LogP) is 6.77. The van der Waals surface area contributed by atoms with Crippen LogP contribution in [0.4, 0.5) is 0 Å². The second-order valence-electron chi connectivity index (χ2n) is 10.8. The van der Waals surface area contributed by atoms with Crippen LogP contribution in [0.2, 0.25) is 0 Å². The topological polar surface area (TPSA) is 84.2 Å². The fraction of sp³-hybridized carbons (Fsp3) is 0.469. The average Bonchev–Trinajstić information content (AvgIpc) is 3.35. The number of imidazole rings is 1. The van der Waals surface area contributed by atoms with Crippen LogP contribution in [-0.4, -0.2) is 32.3 Å². The van der Waals surface area contributed by atoms with Crippen molar-refractivity contribution in [2.45, 2.75) is 77.8 Å². The maximum atomic E-state index is 13.0. The smallest absolute Gasteiger partial charge is 0.336 e. The van der Waals surface area contributed by atoms with Gasteiger partial charge < -0.3 is 15.0 Å². The highest BCUT2D eigenvalue weighted by Gasteiger charge is 2.23. The van der Waals surface area contributed by atoms with E-state index in [9.17, 15) is 14.7 Å². The van der Waals surface area contributed by atoms with E-state index in [2.05, 4.69) is 35.6 Å². The van der Waals surface area contributed by atoms with Crippen LogP contribution in [0.25, 0.3) is 11.1 Å². The number of amides is 1. The lowest BCUT2D eigenvalue weighted by molar-refractivity contribution is -0.125. The maximum absolute atomic E-state index is 13.0. The molecule has 1 aliphatic carbocycles. The summed E-state index contributed by atoms with van der Waals surface area (Å²) >= 11 is 4.49. The molecule has 2 aromatic carbocycles. The van der Waals surface area contributed by atoms with Gasteiger partial charge in [0, 0.05) is 30.8 Å². The number of aryl methyl sites for hydroxylation is 1. The number of carboxylic acids is 1. The number of unbranched alkanes of at least 4 members (excludes halogenated alkanes) is 1. The summed E-state index contributed by atoms with van der Waals surface area (Å²) in [6, 6.07) is 15.1. The van der Waals surface area contributed by atoms with Gasteiger partial charge in [-0.15, -0.1) is 0 Å². The molecule has 208 valence electrons. The molecule has 6 nitrogen and oxygen atoms in total. The number of rotatable bonds is 13. The van der Waals surface area contributed by atoms with Crippen molar-refractivity contribution in [1.29, 1.82) is 0 Å². The summed E-state index contributed by atoms with van der Waals surface area (Å²) in [5.74, 6) is 1.34. The molecule has 39 heavy (non-hydrogen) atoms. The van der Waals surface area contributed by atoms with Crippen molar-refractivity contribution in [3.63, 3.8) is 0 Å². The first-order valence-electron chi connectivity index (χ1n) is 14.3. The fourth-order valence-electron chi connectivity index (χ4n) is 5.59. The Bertz CT molecular complexity index is 1230. The maximum Gasteiger partial charge on any atom is 0.336 e. The Morgan fingerprint density at radius 1 is 1.10 bits per heavy atom. The number of nitrogens with zero attached hydrogens (tertiary/aromatic N) is 2. The predicted molar refractivity (Wildman–Crippen MR) is 159 cm³/mol. The van der Waals surface area contributed by atoms with Crippen molar-refractivity contribution < 1.29 is 14.7 Å². The van der Waals surface area contributed by atoms with Gasteiger partial charge in [-0.05, 0) is 41.5 Å². The Morgan fingerprint density at radius 3 is 2.54 bits per heavy atom. The molecule has 0 spiro atoms. The van der Waals surface area contributed by atoms with E-state index in [1.165, 1.54) is 32.1 Å². The van der Waals surface area contributed by atoms with Crippen LogP contribution in [0.1, 0.15) is 85.7 Å². The minimum atomic E-state index is -0.928. The first-order valence-corrected chi connectivity index (χ1v) is 15.0. The van der Waals surface area contributed by atoms with Gasteiger partial charge in [0.15, 0.2) is 0 Å². The standard InChI is InChI=1S/C32H41N3O3S/c1-2-3-13-30-34-27(19-33-31(36)26(22-39)18-23-9-5-4-6-10-23)21-35(30)20-24-14-16-25(17-15-24)28-11-7-8-12-29(28)32(37)38/h7-8,11-12,14-17,21,23,26,39H,2-6,9-10,13,18-20,22H2,1H3,(H,33,36)(H,37,38). The van der Waals surface area contributed by atoms with Crippen molar-refractivity contribution in [3.05, 3.63) is 77.4 Å². The summed E-state index contributed by atoms with van der Waals surface area (Å²) in [4.78, 5) is 29.5. The van der Waals surface area contributed by atoms with Crippen LogP contribution >= 0.6 is 12.6 Å². The quantitative estimate of drug-likeness (QED) is 0.206. The monoisotopic (exact) mass is 547 g/mol. The number of aromatic carboxylic acids is 1. The molecular formula is C32H41N3O3S. The van der Waals surface area contributed by atoms with Crippen LogP contribution in [0.15, 0.2) is 54.7 Å². The number of carbonyl (C=O) groups is 2. The molecule has 0 bridgehead atoms. The normalized spacial score (nSPS) is 14.7. The van der Waals surface area contributed by atoms with Crippen LogP contribution in [0.3, 0.4) is 0 Å². The zero-order valence-electron chi connectivity index (χ0n) is 22.9.